The van der Waals surface area contributed by atoms with E-state index < -0.39 is 0 Å². The molecule has 2 rings (SSSR count). The number of nitrogens with one attached hydrogen (secondary N) is 1. The normalized spacial score (nSPS) is 24.2. The van der Waals surface area contributed by atoms with E-state index in [1.807, 2.05) is 12.1 Å². The van der Waals surface area contributed by atoms with Gasteiger partial charge in [0, 0.05) is 19.7 Å². The van der Waals surface area contributed by atoms with E-state index in [0.717, 1.165) is 31.4 Å². The van der Waals surface area contributed by atoms with E-state index in [1.54, 1.807) is 20.1 Å². The van der Waals surface area contributed by atoms with Crippen molar-refractivity contribution in [3.63, 3.8) is 0 Å². The molecular weight excluding hydrogens is 217 g/mol. The Morgan fingerprint density at radius 3 is 2.88 bits per heavy atom. The van der Waals surface area contributed by atoms with Gasteiger partial charge in [0.1, 0.15) is 5.82 Å². The molecule has 2 unspecified atom stereocenters. The average Bonchev–Trinajstić information content (AvgIpc) is 2.79. The maximum absolute atomic E-state index is 13.3. The number of aryl methyl sites for hydroxylation is 1. The molecule has 94 valence electrons. The second kappa shape index (κ2) is 5.61. The van der Waals surface area contributed by atoms with Crippen molar-refractivity contribution < 1.29 is 9.13 Å². The van der Waals surface area contributed by atoms with Crippen LogP contribution in [0.25, 0.3) is 0 Å². The first-order chi connectivity index (χ1) is 8.19. The van der Waals surface area contributed by atoms with Crippen molar-refractivity contribution in [2.45, 2.75) is 44.9 Å². The number of methoxy groups -OCH3 is 1. The van der Waals surface area contributed by atoms with Crippen LogP contribution in [0.3, 0.4) is 0 Å². The first kappa shape index (κ1) is 12.5. The first-order valence-corrected chi connectivity index (χ1v) is 6.20. The molecule has 1 saturated carbocycles. The van der Waals surface area contributed by atoms with Crippen LogP contribution in [0.1, 0.15) is 30.4 Å². The second-order valence-electron chi connectivity index (χ2n) is 4.83. The highest BCUT2D eigenvalue weighted by atomic mass is 19.1. The van der Waals surface area contributed by atoms with Gasteiger partial charge in [-0.15, -0.1) is 0 Å². The fraction of sp³-hybridized carbons (Fsp3) is 0.571. The molecule has 1 aliphatic carbocycles. The molecule has 3 heteroatoms. The molecule has 0 saturated heterocycles. The van der Waals surface area contributed by atoms with Crippen LogP contribution >= 0.6 is 0 Å². The predicted octanol–water partition coefficient (Wildman–Crippen LogP) is 2.79. The third-order valence-electron chi connectivity index (χ3n) is 3.55. The van der Waals surface area contributed by atoms with Crippen molar-refractivity contribution in [2.75, 3.05) is 7.11 Å². The summed E-state index contributed by atoms with van der Waals surface area (Å²) in [6, 6.07) is 5.93. The molecule has 0 aromatic heterocycles. The lowest BCUT2D eigenvalue weighted by atomic mass is 10.1. The Kier molecular flexibility index (Phi) is 4.13. The molecule has 0 spiro atoms. The highest BCUT2D eigenvalue weighted by Gasteiger charge is 2.23. The van der Waals surface area contributed by atoms with Crippen LogP contribution in [-0.4, -0.2) is 19.3 Å². The summed E-state index contributed by atoms with van der Waals surface area (Å²) in [5.41, 5.74) is 1.71. The van der Waals surface area contributed by atoms with Gasteiger partial charge >= 0.3 is 0 Å². The van der Waals surface area contributed by atoms with Crippen LogP contribution in [0.4, 0.5) is 4.39 Å². The minimum absolute atomic E-state index is 0.120. The van der Waals surface area contributed by atoms with Crippen molar-refractivity contribution in [1.29, 1.82) is 0 Å². The number of benzene rings is 1. The summed E-state index contributed by atoms with van der Waals surface area (Å²) in [5, 5.41) is 3.46. The van der Waals surface area contributed by atoms with Crippen LogP contribution < -0.4 is 5.32 Å². The smallest absolute Gasteiger partial charge is 0.126 e. The Morgan fingerprint density at radius 2 is 2.24 bits per heavy atom. The second-order valence-corrected chi connectivity index (χ2v) is 4.83. The van der Waals surface area contributed by atoms with Crippen molar-refractivity contribution in [1.82, 2.24) is 5.32 Å². The predicted molar refractivity (Wildman–Crippen MR) is 66.4 cm³/mol. The van der Waals surface area contributed by atoms with Crippen molar-refractivity contribution >= 4 is 0 Å². The SMILES string of the molecule is COC1CCC(NCc2ccc(C)c(F)c2)C1. The maximum Gasteiger partial charge on any atom is 0.126 e. The van der Waals surface area contributed by atoms with E-state index in [4.69, 9.17) is 4.74 Å². The van der Waals surface area contributed by atoms with Crippen LogP contribution in [0.2, 0.25) is 0 Å². The van der Waals surface area contributed by atoms with Crippen LogP contribution in [0.5, 0.6) is 0 Å². The lowest BCUT2D eigenvalue weighted by molar-refractivity contribution is 0.107. The Bertz CT molecular complexity index is 380. The summed E-state index contributed by atoms with van der Waals surface area (Å²) >= 11 is 0. The molecule has 2 nitrogen and oxygen atoms in total. The first-order valence-electron chi connectivity index (χ1n) is 6.20. The number of halogens is 1. The molecule has 2 atom stereocenters. The van der Waals surface area contributed by atoms with Gasteiger partial charge < -0.3 is 10.1 Å². The zero-order valence-electron chi connectivity index (χ0n) is 10.5. The quantitative estimate of drug-likeness (QED) is 0.869. The fourth-order valence-corrected chi connectivity index (χ4v) is 2.35. The summed E-state index contributed by atoms with van der Waals surface area (Å²) in [4.78, 5) is 0. The summed E-state index contributed by atoms with van der Waals surface area (Å²) in [6.07, 6.45) is 3.72. The molecule has 0 amide bonds. The summed E-state index contributed by atoms with van der Waals surface area (Å²) < 4.78 is 18.7. The summed E-state index contributed by atoms with van der Waals surface area (Å²) in [5.74, 6) is -0.120. The largest absolute Gasteiger partial charge is 0.381 e. The number of rotatable bonds is 4. The highest BCUT2D eigenvalue weighted by Crippen LogP contribution is 2.21. The number of hydrogen-bond acceptors (Lipinski definition) is 2. The molecule has 1 aromatic carbocycles. The molecule has 0 radical (unpaired) electrons. The van der Waals surface area contributed by atoms with E-state index in [-0.39, 0.29) is 5.82 Å². The highest BCUT2D eigenvalue weighted by molar-refractivity contribution is 5.23. The fourth-order valence-electron chi connectivity index (χ4n) is 2.35. The Morgan fingerprint density at radius 1 is 1.41 bits per heavy atom. The number of hydrogen-bond donors (Lipinski definition) is 1. The summed E-state index contributed by atoms with van der Waals surface area (Å²) in [6.45, 7) is 2.52. The van der Waals surface area contributed by atoms with Gasteiger partial charge in [-0.3, -0.25) is 0 Å². The molecule has 0 heterocycles. The van der Waals surface area contributed by atoms with Crippen molar-refractivity contribution in [2.24, 2.45) is 0 Å². The third-order valence-corrected chi connectivity index (χ3v) is 3.55. The van der Waals surface area contributed by atoms with Gasteiger partial charge in [-0.25, -0.2) is 4.39 Å². The Hall–Kier alpha value is -0.930. The molecule has 17 heavy (non-hydrogen) atoms. The molecular formula is C14H20FNO. The van der Waals surface area contributed by atoms with Gasteiger partial charge in [0.2, 0.25) is 0 Å². The summed E-state index contributed by atoms with van der Waals surface area (Å²) in [7, 11) is 1.77. The van der Waals surface area contributed by atoms with Gasteiger partial charge in [-0.1, -0.05) is 12.1 Å². The molecule has 1 N–H and O–H groups in total. The van der Waals surface area contributed by atoms with Crippen LogP contribution in [0.15, 0.2) is 18.2 Å². The molecule has 0 bridgehead atoms. The Balaban J connectivity index is 1.84. The zero-order chi connectivity index (χ0) is 12.3. The molecule has 1 fully saturated rings. The monoisotopic (exact) mass is 237 g/mol. The van der Waals surface area contributed by atoms with E-state index >= 15 is 0 Å². The number of ether oxygens (including phenoxy) is 1. The van der Waals surface area contributed by atoms with E-state index in [9.17, 15) is 4.39 Å². The van der Waals surface area contributed by atoms with Crippen LogP contribution in [0, 0.1) is 12.7 Å². The van der Waals surface area contributed by atoms with Gasteiger partial charge in [-0.05, 0) is 43.4 Å². The van der Waals surface area contributed by atoms with Gasteiger partial charge in [0.05, 0.1) is 6.10 Å². The molecule has 0 aliphatic heterocycles. The zero-order valence-corrected chi connectivity index (χ0v) is 10.5. The van der Waals surface area contributed by atoms with E-state index in [1.165, 1.54) is 0 Å². The lowest BCUT2D eigenvalue weighted by Crippen LogP contribution is -2.26. The third kappa shape index (κ3) is 3.27. The minimum Gasteiger partial charge on any atom is -0.381 e. The lowest BCUT2D eigenvalue weighted by Gasteiger charge is -2.13. The molecule has 1 aromatic rings. The maximum atomic E-state index is 13.3. The van der Waals surface area contributed by atoms with Gasteiger partial charge in [0.25, 0.3) is 0 Å². The molecule has 1 aliphatic rings. The van der Waals surface area contributed by atoms with E-state index in [0.29, 0.717) is 17.7 Å². The minimum atomic E-state index is -0.120. The topological polar surface area (TPSA) is 21.3 Å². The van der Waals surface area contributed by atoms with Crippen molar-refractivity contribution in [3.05, 3.63) is 35.1 Å². The Labute approximate surface area is 102 Å². The standard InChI is InChI=1S/C14H20FNO/c1-10-3-4-11(7-14(10)15)9-16-12-5-6-13(8-12)17-2/h3-4,7,12-13,16H,5-6,8-9H2,1-2H3. The van der Waals surface area contributed by atoms with Crippen molar-refractivity contribution in [3.8, 4) is 0 Å². The van der Waals surface area contributed by atoms with E-state index in [2.05, 4.69) is 5.32 Å². The van der Waals surface area contributed by atoms with Gasteiger partial charge in [0.15, 0.2) is 0 Å². The van der Waals surface area contributed by atoms with Gasteiger partial charge in [-0.2, -0.15) is 0 Å². The van der Waals surface area contributed by atoms with Crippen LogP contribution in [-0.2, 0) is 11.3 Å². The average molecular weight is 237 g/mol.